The van der Waals surface area contributed by atoms with Gasteiger partial charge in [0.2, 0.25) is 15.9 Å². The van der Waals surface area contributed by atoms with E-state index in [1.165, 1.54) is 32.4 Å². The van der Waals surface area contributed by atoms with Crippen LogP contribution in [-0.2, 0) is 14.8 Å². The lowest BCUT2D eigenvalue weighted by Gasteiger charge is -2.40. The molecule has 0 aromatic heterocycles. The maximum Gasteiger partial charge on any atom is 0.243 e. The number of rotatable bonds is 5. The maximum atomic E-state index is 13.4. The number of carbonyl (C=O) groups excluding carboxylic acids is 1. The predicted octanol–water partition coefficient (Wildman–Crippen LogP) is 4.21. The van der Waals surface area contributed by atoms with Gasteiger partial charge >= 0.3 is 0 Å². The van der Waals surface area contributed by atoms with Crippen molar-refractivity contribution in [1.82, 2.24) is 14.1 Å². The Morgan fingerprint density at radius 1 is 0.886 bits per heavy atom. The van der Waals surface area contributed by atoms with Crippen LogP contribution in [0.15, 0.2) is 47.4 Å². The molecule has 3 saturated heterocycles. The Hall–Kier alpha value is -1.96. The van der Waals surface area contributed by atoms with E-state index in [-0.39, 0.29) is 11.8 Å². The van der Waals surface area contributed by atoms with Gasteiger partial charge < -0.3 is 9.80 Å². The number of amides is 1. The minimum Gasteiger partial charge on any atom is -0.342 e. The van der Waals surface area contributed by atoms with Crippen molar-refractivity contribution >= 4 is 26.7 Å². The van der Waals surface area contributed by atoms with Crippen molar-refractivity contribution in [3.05, 3.63) is 42.5 Å². The molecule has 0 saturated carbocycles. The van der Waals surface area contributed by atoms with Crippen molar-refractivity contribution in [3.8, 4) is 0 Å². The SMILES string of the molecule is CC1CCN(CC2CCCN(C(=O)C3CCN(S(=O)(=O)c4ccc5ccccc5c4)CC3)C2)CC1. The molecule has 1 atom stereocenters. The van der Waals surface area contributed by atoms with E-state index in [2.05, 4.69) is 16.7 Å². The second-order valence-corrected chi connectivity index (χ2v) is 12.9. The summed E-state index contributed by atoms with van der Waals surface area (Å²) in [5, 5.41) is 1.96. The molecule has 3 fully saturated rings. The Kier molecular flexibility index (Phi) is 7.47. The van der Waals surface area contributed by atoms with Gasteiger partial charge in [0, 0.05) is 38.6 Å². The standard InChI is InChI=1S/C28H39N3O3S/c1-22-10-15-29(16-11-22)20-23-5-4-14-30(21-23)28(32)25-12-17-31(18-13-25)35(33,34)27-9-8-24-6-2-3-7-26(24)19-27/h2-3,6-9,19,22-23,25H,4-5,10-18,20-21H2,1H3. The van der Waals surface area contributed by atoms with Gasteiger partial charge in [-0.1, -0.05) is 37.3 Å². The number of hydrogen-bond acceptors (Lipinski definition) is 4. The first kappa shape index (κ1) is 24.7. The second kappa shape index (κ2) is 10.6. The molecule has 6 nitrogen and oxygen atoms in total. The monoisotopic (exact) mass is 497 g/mol. The van der Waals surface area contributed by atoms with Crippen LogP contribution in [0.25, 0.3) is 10.8 Å². The number of piperidine rings is 3. The van der Waals surface area contributed by atoms with Gasteiger partial charge in [0.15, 0.2) is 0 Å². The lowest BCUT2D eigenvalue weighted by molar-refractivity contribution is -0.138. The van der Waals surface area contributed by atoms with Crippen LogP contribution in [0.4, 0.5) is 0 Å². The number of sulfonamides is 1. The number of likely N-dealkylation sites (tertiary alicyclic amines) is 2. The highest BCUT2D eigenvalue weighted by Crippen LogP contribution is 2.29. The zero-order chi connectivity index (χ0) is 24.4. The molecule has 0 spiro atoms. The van der Waals surface area contributed by atoms with Gasteiger partial charge in [-0.25, -0.2) is 8.42 Å². The number of nitrogens with zero attached hydrogens (tertiary/aromatic N) is 3. The largest absolute Gasteiger partial charge is 0.342 e. The van der Waals surface area contributed by atoms with Crippen molar-refractivity contribution < 1.29 is 13.2 Å². The highest BCUT2D eigenvalue weighted by atomic mass is 32.2. The molecule has 1 unspecified atom stereocenters. The van der Waals surface area contributed by atoms with Gasteiger partial charge in [0.05, 0.1) is 4.90 Å². The normalized spacial score (nSPS) is 24.1. The van der Waals surface area contributed by atoms with E-state index in [0.29, 0.717) is 36.7 Å². The third kappa shape index (κ3) is 5.57. The van der Waals surface area contributed by atoms with Crippen LogP contribution in [0.5, 0.6) is 0 Å². The highest BCUT2D eigenvalue weighted by Gasteiger charge is 2.35. The average Bonchev–Trinajstić information content (AvgIpc) is 2.89. The third-order valence-electron chi connectivity index (χ3n) is 8.39. The van der Waals surface area contributed by atoms with Gasteiger partial charge in [0.1, 0.15) is 0 Å². The van der Waals surface area contributed by atoms with E-state index in [1.807, 2.05) is 30.3 Å². The van der Waals surface area contributed by atoms with Crippen LogP contribution >= 0.6 is 0 Å². The van der Waals surface area contributed by atoms with E-state index in [0.717, 1.165) is 42.7 Å². The van der Waals surface area contributed by atoms with Gasteiger partial charge in [0.25, 0.3) is 0 Å². The summed E-state index contributed by atoms with van der Waals surface area (Å²) in [6.07, 6.45) is 6.08. The quantitative estimate of drug-likeness (QED) is 0.621. The van der Waals surface area contributed by atoms with Crippen molar-refractivity contribution in [2.24, 2.45) is 17.8 Å². The van der Waals surface area contributed by atoms with Crippen molar-refractivity contribution in [2.75, 3.05) is 45.8 Å². The molecule has 35 heavy (non-hydrogen) atoms. The fourth-order valence-corrected chi connectivity index (χ4v) is 7.61. The van der Waals surface area contributed by atoms with E-state index >= 15 is 0 Å². The first-order valence-electron chi connectivity index (χ1n) is 13.4. The topological polar surface area (TPSA) is 60.9 Å². The summed E-state index contributed by atoms with van der Waals surface area (Å²) < 4.78 is 28.1. The summed E-state index contributed by atoms with van der Waals surface area (Å²) in [4.78, 5) is 18.4. The van der Waals surface area contributed by atoms with Gasteiger partial charge in [-0.2, -0.15) is 4.31 Å². The van der Waals surface area contributed by atoms with Crippen molar-refractivity contribution in [3.63, 3.8) is 0 Å². The van der Waals surface area contributed by atoms with Gasteiger partial charge in [-0.3, -0.25) is 4.79 Å². The summed E-state index contributed by atoms with van der Waals surface area (Å²) in [6, 6.07) is 13.1. The fourth-order valence-electron chi connectivity index (χ4n) is 6.10. The molecule has 2 aromatic carbocycles. The first-order valence-corrected chi connectivity index (χ1v) is 14.8. The Labute approximate surface area is 210 Å². The molecular formula is C28H39N3O3S. The molecule has 2 aromatic rings. The molecule has 0 N–H and O–H groups in total. The second-order valence-electron chi connectivity index (χ2n) is 11.0. The first-order chi connectivity index (χ1) is 16.9. The molecule has 7 heteroatoms. The Bertz CT molecular complexity index is 1140. The Morgan fingerprint density at radius 2 is 1.60 bits per heavy atom. The zero-order valence-corrected chi connectivity index (χ0v) is 21.8. The molecule has 0 aliphatic carbocycles. The van der Waals surface area contributed by atoms with Crippen LogP contribution in [0.2, 0.25) is 0 Å². The number of benzene rings is 2. The molecular weight excluding hydrogens is 458 g/mol. The Morgan fingerprint density at radius 3 is 2.34 bits per heavy atom. The number of carbonyl (C=O) groups is 1. The summed E-state index contributed by atoms with van der Waals surface area (Å²) in [6.45, 7) is 8.37. The molecule has 190 valence electrons. The Balaban J connectivity index is 1.16. The van der Waals surface area contributed by atoms with E-state index in [4.69, 9.17) is 0 Å². The lowest BCUT2D eigenvalue weighted by atomic mass is 9.91. The fraction of sp³-hybridized carbons (Fsp3) is 0.607. The van der Waals surface area contributed by atoms with E-state index in [9.17, 15) is 13.2 Å². The third-order valence-corrected chi connectivity index (χ3v) is 10.3. The average molecular weight is 498 g/mol. The molecule has 0 radical (unpaired) electrons. The van der Waals surface area contributed by atoms with Crippen molar-refractivity contribution in [2.45, 2.75) is 50.3 Å². The predicted molar refractivity (Wildman–Crippen MR) is 140 cm³/mol. The lowest BCUT2D eigenvalue weighted by Crippen LogP contribution is -2.49. The smallest absolute Gasteiger partial charge is 0.243 e. The molecule has 3 heterocycles. The minimum absolute atomic E-state index is 0.0624. The summed E-state index contributed by atoms with van der Waals surface area (Å²) in [5.74, 6) is 1.58. The van der Waals surface area contributed by atoms with Crippen molar-refractivity contribution in [1.29, 1.82) is 0 Å². The minimum atomic E-state index is -3.55. The van der Waals surface area contributed by atoms with Crippen LogP contribution in [0.1, 0.15) is 45.4 Å². The van der Waals surface area contributed by atoms with E-state index < -0.39 is 10.0 Å². The van der Waals surface area contributed by atoms with Gasteiger partial charge in [-0.05, 0) is 86.4 Å². The molecule has 3 aliphatic rings. The molecule has 1 amide bonds. The zero-order valence-electron chi connectivity index (χ0n) is 20.9. The maximum absolute atomic E-state index is 13.4. The van der Waals surface area contributed by atoms with E-state index in [1.54, 1.807) is 16.4 Å². The molecule has 3 aliphatic heterocycles. The highest BCUT2D eigenvalue weighted by molar-refractivity contribution is 7.89. The number of fused-ring (bicyclic) bond motifs is 1. The number of hydrogen-bond donors (Lipinski definition) is 0. The van der Waals surface area contributed by atoms with Crippen LogP contribution in [0.3, 0.4) is 0 Å². The molecule has 0 bridgehead atoms. The van der Waals surface area contributed by atoms with Crippen LogP contribution in [0, 0.1) is 17.8 Å². The van der Waals surface area contributed by atoms with Crippen LogP contribution < -0.4 is 0 Å². The van der Waals surface area contributed by atoms with Gasteiger partial charge in [-0.15, -0.1) is 0 Å². The summed E-state index contributed by atoms with van der Waals surface area (Å²) in [5.41, 5.74) is 0. The summed E-state index contributed by atoms with van der Waals surface area (Å²) >= 11 is 0. The molecule has 5 rings (SSSR count). The summed E-state index contributed by atoms with van der Waals surface area (Å²) in [7, 11) is -3.55. The van der Waals surface area contributed by atoms with Crippen LogP contribution in [-0.4, -0.2) is 74.2 Å².